The van der Waals surface area contributed by atoms with Gasteiger partial charge in [-0.1, -0.05) is 35.9 Å². The summed E-state index contributed by atoms with van der Waals surface area (Å²) >= 11 is 17.7. The lowest BCUT2D eigenvalue weighted by Crippen LogP contribution is -2.27. The highest BCUT2D eigenvalue weighted by molar-refractivity contribution is 6.30. The molecule has 0 aliphatic heterocycles. The van der Waals surface area contributed by atoms with Crippen molar-refractivity contribution in [2.24, 2.45) is 5.10 Å². The van der Waals surface area contributed by atoms with Crippen LogP contribution < -0.4 is 15.6 Å². The molecular weight excluding hydrogens is 467 g/mol. The van der Waals surface area contributed by atoms with Crippen molar-refractivity contribution in [3.63, 3.8) is 0 Å². The normalized spacial score (nSPS) is 10.8. The van der Waals surface area contributed by atoms with E-state index in [0.29, 0.717) is 28.0 Å². The second-order valence-electron chi connectivity index (χ2n) is 6.83. The number of anilines is 3. The molecule has 0 unspecified atom stereocenters. The summed E-state index contributed by atoms with van der Waals surface area (Å²) in [5, 5.41) is 7.98. The molecule has 0 fully saturated rings. The van der Waals surface area contributed by atoms with Crippen LogP contribution >= 0.6 is 34.8 Å². The van der Waals surface area contributed by atoms with Gasteiger partial charge >= 0.3 is 0 Å². The van der Waals surface area contributed by atoms with Crippen molar-refractivity contribution in [2.75, 3.05) is 35.1 Å². The minimum Gasteiger partial charge on any atom is -0.369 e. The second-order valence-corrected chi connectivity index (χ2v) is 8.03. The van der Waals surface area contributed by atoms with E-state index in [1.165, 1.54) is 0 Å². The van der Waals surface area contributed by atoms with E-state index in [1.54, 1.807) is 30.5 Å². The zero-order valence-corrected chi connectivity index (χ0v) is 19.5. The van der Waals surface area contributed by atoms with E-state index in [0.717, 1.165) is 30.0 Å². The van der Waals surface area contributed by atoms with Gasteiger partial charge in [0.05, 0.1) is 17.5 Å². The number of carbonyl (C=O) groups excluding carboxylic acids is 1. The number of nitrogens with one attached hydrogen (secondary N) is 2. The molecule has 3 aromatic rings. The Morgan fingerprint density at radius 1 is 0.906 bits per heavy atom. The average molecular weight is 490 g/mol. The Labute approximate surface area is 203 Å². The Balaban J connectivity index is 1.63. The predicted molar refractivity (Wildman–Crippen MR) is 136 cm³/mol. The van der Waals surface area contributed by atoms with Crippen LogP contribution in [0.15, 0.2) is 77.9 Å². The monoisotopic (exact) mass is 488 g/mol. The van der Waals surface area contributed by atoms with E-state index in [1.807, 2.05) is 48.5 Å². The molecule has 0 spiro atoms. The summed E-state index contributed by atoms with van der Waals surface area (Å²) in [7, 11) is 0. The van der Waals surface area contributed by atoms with Gasteiger partial charge < -0.3 is 10.2 Å². The molecule has 166 valence electrons. The summed E-state index contributed by atoms with van der Waals surface area (Å²) in [5.74, 6) is 0.742. The molecule has 0 atom stereocenters. The number of rotatable bonds is 10. The lowest BCUT2D eigenvalue weighted by atomic mass is 10.1. The number of carbonyl (C=O) groups is 1. The molecule has 3 aromatic carbocycles. The second kappa shape index (κ2) is 12.3. The van der Waals surface area contributed by atoms with Crippen LogP contribution in [0.4, 0.5) is 17.1 Å². The summed E-state index contributed by atoms with van der Waals surface area (Å²) in [6, 6.07) is 22.3. The largest absolute Gasteiger partial charge is 0.369 e. The Morgan fingerprint density at radius 3 is 2.22 bits per heavy atom. The fourth-order valence-corrected chi connectivity index (χ4v) is 3.58. The highest BCUT2D eigenvalue weighted by atomic mass is 35.5. The van der Waals surface area contributed by atoms with Gasteiger partial charge in [-0.05, 0) is 54.1 Å². The number of benzene rings is 3. The van der Waals surface area contributed by atoms with Gasteiger partial charge in [0, 0.05) is 41.2 Å². The van der Waals surface area contributed by atoms with Gasteiger partial charge in [-0.15, -0.1) is 23.2 Å². The Hall–Kier alpha value is -2.73. The minimum absolute atomic E-state index is 0.315. The van der Waals surface area contributed by atoms with Gasteiger partial charge in [-0.25, -0.2) is 5.43 Å². The molecule has 32 heavy (non-hydrogen) atoms. The number of nitrogens with zero attached hydrogens (tertiary/aromatic N) is 2. The van der Waals surface area contributed by atoms with Crippen LogP contribution in [0.25, 0.3) is 0 Å². The van der Waals surface area contributed by atoms with Crippen molar-refractivity contribution in [1.29, 1.82) is 0 Å². The maximum absolute atomic E-state index is 12.7. The topological polar surface area (TPSA) is 56.7 Å². The van der Waals surface area contributed by atoms with Crippen LogP contribution in [0.1, 0.15) is 15.9 Å². The molecule has 0 aromatic heterocycles. The highest BCUT2D eigenvalue weighted by Gasteiger charge is 2.10. The summed E-state index contributed by atoms with van der Waals surface area (Å²) in [5.41, 5.74) is 6.46. The number of hydrogen-bond acceptors (Lipinski definition) is 4. The molecule has 0 heterocycles. The first-order valence-electron chi connectivity index (χ1n) is 10.0. The van der Waals surface area contributed by atoms with Gasteiger partial charge in [-0.3, -0.25) is 4.79 Å². The van der Waals surface area contributed by atoms with Crippen LogP contribution in [-0.2, 0) is 0 Å². The van der Waals surface area contributed by atoms with Crippen LogP contribution in [-0.4, -0.2) is 37.0 Å². The fourth-order valence-electron chi connectivity index (χ4n) is 3.05. The number of halogens is 3. The lowest BCUT2D eigenvalue weighted by Gasteiger charge is -2.22. The maximum Gasteiger partial charge on any atom is 0.273 e. The van der Waals surface area contributed by atoms with Gasteiger partial charge in [0.15, 0.2) is 0 Å². The van der Waals surface area contributed by atoms with Crippen molar-refractivity contribution < 1.29 is 4.79 Å². The van der Waals surface area contributed by atoms with Crippen LogP contribution in [0, 0.1) is 0 Å². The summed E-state index contributed by atoms with van der Waals surface area (Å²) in [6.07, 6.45) is 1.60. The van der Waals surface area contributed by atoms with E-state index >= 15 is 0 Å². The molecule has 1 amide bonds. The van der Waals surface area contributed by atoms with Crippen LogP contribution in [0.2, 0.25) is 5.02 Å². The zero-order chi connectivity index (χ0) is 22.8. The molecule has 5 nitrogen and oxygen atoms in total. The summed E-state index contributed by atoms with van der Waals surface area (Å²) < 4.78 is 0. The van der Waals surface area contributed by atoms with Crippen molar-refractivity contribution in [3.05, 3.63) is 88.9 Å². The molecule has 0 saturated heterocycles. The minimum atomic E-state index is -0.315. The first-order chi connectivity index (χ1) is 15.6. The summed E-state index contributed by atoms with van der Waals surface area (Å²) in [6.45, 7) is 1.45. The zero-order valence-electron chi connectivity index (χ0n) is 17.3. The van der Waals surface area contributed by atoms with Crippen LogP contribution in [0.3, 0.4) is 0 Å². The first-order valence-corrected chi connectivity index (χ1v) is 11.5. The third kappa shape index (κ3) is 6.89. The lowest BCUT2D eigenvalue weighted by molar-refractivity contribution is 0.0956. The standard InChI is InChI=1S/C24H23Cl3N4O/c25-13-15-31(16-14-26)21-11-5-18(6-12-21)17-28-30-24(32)22-3-1-2-4-23(22)29-20-9-7-19(27)8-10-20/h1-12,17,29H,13-16H2,(H,30,32)/b28-17+. The van der Waals surface area contributed by atoms with Crippen LogP contribution in [0.5, 0.6) is 0 Å². The van der Waals surface area contributed by atoms with Crippen molar-refractivity contribution in [3.8, 4) is 0 Å². The molecule has 0 bridgehead atoms. The molecule has 0 saturated carbocycles. The maximum atomic E-state index is 12.7. The van der Waals surface area contributed by atoms with Crippen molar-refractivity contribution >= 4 is 64.0 Å². The van der Waals surface area contributed by atoms with E-state index in [-0.39, 0.29) is 5.91 Å². The number of para-hydroxylation sites is 1. The molecule has 8 heteroatoms. The van der Waals surface area contributed by atoms with Gasteiger partial charge in [0.2, 0.25) is 0 Å². The first kappa shape index (κ1) is 23.9. The number of hydrogen-bond donors (Lipinski definition) is 2. The average Bonchev–Trinajstić information content (AvgIpc) is 2.81. The third-order valence-electron chi connectivity index (χ3n) is 4.64. The fraction of sp³-hybridized carbons (Fsp3) is 0.167. The highest BCUT2D eigenvalue weighted by Crippen LogP contribution is 2.22. The van der Waals surface area contributed by atoms with Crippen molar-refractivity contribution in [1.82, 2.24) is 5.43 Å². The van der Waals surface area contributed by atoms with E-state index in [2.05, 4.69) is 20.7 Å². The van der Waals surface area contributed by atoms with Gasteiger partial charge in [0.25, 0.3) is 5.91 Å². The Kier molecular flexibility index (Phi) is 9.23. The quantitative estimate of drug-likeness (QED) is 0.204. The molecule has 2 N–H and O–H groups in total. The number of amides is 1. The molecule has 0 radical (unpaired) electrons. The SMILES string of the molecule is O=C(N/N=C/c1ccc(N(CCCl)CCCl)cc1)c1ccccc1Nc1ccc(Cl)cc1. The van der Waals surface area contributed by atoms with E-state index in [9.17, 15) is 4.79 Å². The molecular formula is C24H23Cl3N4O. The molecule has 0 aliphatic rings. The number of hydrazone groups is 1. The molecule has 3 rings (SSSR count). The summed E-state index contributed by atoms with van der Waals surface area (Å²) in [4.78, 5) is 14.8. The third-order valence-corrected chi connectivity index (χ3v) is 5.23. The predicted octanol–water partition coefficient (Wildman–Crippen LogP) is 6.13. The number of alkyl halides is 2. The van der Waals surface area contributed by atoms with E-state index < -0.39 is 0 Å². The van der Waals surface area contributed by atoms with Gasteiger partial charge in [-0.2, -0.15) is 5.10 Å². The molecule has 0 aliphatic carbocycles. The van der Waals surface area contributed by atoms with Gasteiger partial charge in [0.1, 0.15) is 0 Å². The Bertz CT molecular complexity index is 1030. The smallest absolute Gasteiger partial charge is 0.273 e. The van der Waals surface area contributed by atoms with E-state index in [4.69, 9.17) is 34.8 Å². The van der Waals surface area contributed by atoms with Crippen molar-refractivity contribution in [2.45, 2.75) is 0 Å². The Morgan fingerprint density at radius 2 is 1.56 bits per heavy atom.